The molecule has 1 aliphatic carbocycles. The van der Waals surface area contributed by atoms with E-state index < -0.39 is 0 Å². The van der Waals surface area contributed by atoms with Gasteiger partial charge < -0.3 is 14.6 Å². The predicted molar refractivity (Wildman–Crippen MR) is 80.8 cm³/mol. The average Bonchev–Trinajstić information content (AvgIpc) is 2.96. The van der Waals surface area contributed by atoms with Gasteiger partial charge in [0.1, 0.15) is 5.76 Å². The van der Waals surface area contributed by atoms with Gasteiger partial charge in [-0.15, -0.1) is 0 Å². The van der Waals surface area contributed by atoms with Crippen LogP contribution in [0.15, 0.2) is 22.8 Å². The van der Waals surface area contributed by atoms with Crippen molar-refractivity contribution in [2.24, 2.45) is 0 Å². The van der Waals surface area contributed by atoms with Crippen LogP contribution in [-0.2, 0) is 11.3 Å². The minimum Gasteiger partial charge on any atom is -0.467 e. The van der Waals surface area contributed by atoms with Gasteiger partial charge in [0, 0.05) is 25.7 Å². The van der Waals surface area contributed by atoms with Crippen LogP contribution in [0.1, 0.15) is 31.4 Å². The molecule has 2 heterocycles. The Labute approximate surface area is 126 Å². The van der Waals surface area contributed by atoms with E-state index in [4.69, 9.17) is 4.42 Å². The molecule has 1 aromatic heterocycles. The lowest BCUT2D eigenvalue weighted by Crippen LogP contribution is -2.44. The first kappa shape index (κ1) is 14.6. The third-order valence-corrected chi connectivity index (χ3v) is 4.42. The largest absolute Gasteiger partial charge is 0.467 e. The van der Waals surface area contributed by atoms with Crippen molar-refractivity contribution < 1.29 is 9.21 Å². The second kappa shape index (κ2) is 6.62. The number of likely N-dealkylation sites (N-methyl/N-ethyl adjacent to an activating group) is 1. The molecule has 1 saturated heterocycles. The third-order valence-electron chi connectivity index (χ3n) is 4.42. The zero-order valence-corrected chi connectivity index (χ0v) is 12.8. The highest BCUT2D eigenvalue weighted by Crippen LogP contribution is 2.27. The van der Waals surface area contributed by atoms with Crippen molar-refractivity contribution in [3.8, 4) is 0 Å². The fraction of sp³-hybridized carbons (Fsp3) is 0.688. The lowest BCUT2D eigenvalue weighted by molar-refractivity contribution is -0.132. The van der Waals surface area contributed by atoms with Gasteiger partial charge in [-0.1, -0.05) is 0 Å². The number of hydrogen-bond acceptors (Lipinski definition) is 4. The smallest absolute Gasteiger partial charge is 0.236 e. The molecule has 1 saturated carbocycles. The van der Waals surface area contributed by atoms with Gasteiger partial charge in [0.25, 0.3) is 0 Å². The normalized spacial score (nSPS) is 21.9. The highest BCUT2D eigenvalue weighted by molar-refractivity contribution is 5.78. The Hall–Kier alpha value is -1.33. The van der Waals surface area contributed by atoms with Crippen LogP contribution in [-0.4, -0.2) is 54.5 Å². The zero-order valence-electron chi connectivity index (χ0n) is 12.8. The molecule has 116 valence electrons. The maximum absolute atomic E-state index is 12.4. The van der Waals surface area contributed by atoms with E-state index in [0.717, 1.165) is 18.8 Å². The summed E-state index contributed by atoms with van der Waals surface area (Å²) in [6.45, 7) is 3.20. The van der Waals surface area contributed by atoms with Crippen LogP contribution in [0.25, 0.3) is 0 Å². The van der Waals surface area contributed by atoms with Gasteiger partial charge in [0.05, 0.1) is 19.4 Å². The maximum atomic E-state index is 12.4. The van der Waals surface area contributed by atoms with Gasteiger partial charge in [0.15, 0.2) is 0 Å². The van der Waals surface area contributed by atoms with Crippen LogP contribution in [0, 0.1) is 0 Å². The van der Waals surface area contributed by atoms with E-state index >= 15 is 0 Å². The minimum atomic E-state index is 0.177. The van der Waals surface area contributed by atoms with Crippen LogP contribution in [0.2, 0.25) is 0 Å². The number of nitrogens with zero attached hydrogens (tertiary/aromatic N) is 2. The van der Waals surface area contributed by atoms with Crippen molar-refractivity contribution in [2.45, 2.75) is 44.3 Å². The van der Waals surface area contributed by atoms with Gasteiger partial charge in [-0.2, -0.15) is 0 Å². The molecule has 0 aromatic carbocycles. The molecule has 1 aliphatic heterocycles. The summed E-state index contributed by atoms with van der Waals surface area (Å²) < 4.78 is 5.31. The van der Waals surface area contributed by atoms with Crippen molar-refractivity contribution in [2.75, 3.05) is 26.7 Å². The molecule has 0 bridgehead atoms. The molecule has 2 fully saturated rings. The summed E-state index contributed by atoms with van der Waals surface area (Å²) >= 11 is 0. The molecule has 3 rings (SSSR count). The molecular weight excluding hydrogens is 266 g/mol. The monoisotopic (exact) mass is 291 g/mol. The van der Waals surface area contributed by atoms with E-state index in [0.29, 0.717) is 25.2 Å². The van der Waals surface area contributed by atoms with Crippen molar-refractivity contribution >= 4 is 5.91 Å². The van der Waals surface area contributed by atoms with Gasteiger partial charge in [-0.25, -0.2) is 0 Å². The third kappa shape index (κ3) is 4.08. The van der Waals surface area contributed by atoms with E-state index in [2.05, 4.69) is 10.2 Å². The number of rotatable bonds is 7. The molecule has 1 amide bonds. The number of nitrogens with one attached hydrogen (secondary N) is 1. The Balaban J connectivity index is 1.50. The fourth-order valence-corrected chi connectivity index (χ4v) is 3.00. The van der Waals surface area contributed by atoms with E-state index in [1.807, 2.05) is 19.2 Å². The van der Waals surface area contributed by atoms with Gasteiger partial charge in [-0.3, -0.25) is 9.69 Å². The highest BCUT2D eigenvalue weighted by Gasteiger charge is 2.33. The van der Waals surface area contributed by atoms with Crippen molar-refractivity contribution in [1.29, 1.82) is 0 Å². The van der Waals surface area contributed by atoms with E-state index in [-0.39, 0.29) is 5.91 Å². The summed E-state index contributed by atoms with van der Waals surface area (Å²) in [6.07, 6.45) is 6.62. The number of carbonyl (C=O) groups is 1. The first-order valence-corrected chi connectivity index (χ1v) is 7.96. The van der Waals surface area contributed by atoms with Crippen LogP contribution in [0.5, 0.6) is 0 Å². The second-order valence-electron chi connectivity index (χ2n) is 6.28. The molecule has 1 unspecified atom stereocenters. The van der Waals surface area contributed by atoms with Crippen molar-refractivity contribution in [1.82, 2.24) is 15.1 Å². The Morgan fingerprint density at radius 1 is 1.43 bits per heavy atom. The van der Waals surface area contributed by atoms with Crippen LogP contribution in [0.3, 0.4) is 0 Å². The standard InChI is InChI=1S/C16H25N3O2/c1-18(11-15-5-3-9-21-15)16(20)12-19(14-6-7-14)10-13-4-2-8-17-13/h3,5,9,13-14,17H,2,4,6-8,10-12H2,1H3. The highest BCUT2D eigenvalue weighted by atomic mass is 16.3. The number of amides is 1. The van der Waals surface area contributed by atoms with Crippen molar-refractivity contribution in [3.05, 3.63) is 24.2 Å². The lowest BCUT2D eigenvalue weighted by atomic mass is 10.2. The Morgan fingerprint density at radius 3 is 2.90 bits per heavy atom. The SMILES string of the molecule is CN(Cc1ccco1)C(=O)CN(CC1CCCN1)C1CC1. The molecule has 1 atom stereocenters. The number of hydrogen-bond donors (Lipinski definition) is 1. The molecule has 0 spiro atoms. The van der Waals surface area contributed by atoms with Crippen molar-refractivity contribution in [3.63, 3.8) is 0 Å². The molecule has 21 heavy (non-hydrogen) atoms. The van der Waals surface area contributed by atoms with Gasteiger partial charge >= 0.3 is 0 Å². The Morgan fingerprint density at radius 2 is 2.29 bits per heavy atom. The number of carbonyl (C=O) groups excluding carboxylic acids is 1. The summed E-state index contributed by atoms with van der Waals surface area (Å²) in [5.41, 5.74) is 0. The average molecular weight is 291 g/mol. The molecule has 2 aliphatic rings. The van der Waals surface area contributed by atoms with Crippen LogP contribution < -0.4 is 5.32 Å². The molecular formula is C16H25N3O2. The second-order valence-corrected chi connectivity index (χ2v) is 6.28. The van der Waals surface area contributed by atoms with Gasteiger partial charge in [-0.05, 0) is 44.4 Å². The fourth-order valence-electron chi connectivity index (χ4n) is 3.00. The summed E-state index contributed by atoms with van der Waals surface area (Å²) in [7, 11) is 1.85. The number of furan rings is 1. The predicted octanol–water partition coefficient (Wildman–Crippen LogP) is 1.45. The maximum Gasteiger partial charge on any atom is 0.236 e. The van der Waals surface area contributed by atoms with Gasteiger partial charge in [0.2, 0.25) is 5.91 Å². The Bertz CT molecular complexity index is 450. The topological polar surface area (TPSA) is 48.7 Å². The molecule has 1 aromatic rings. The molecule has 5 heteroatoms. The van der Waals surface area contributed by atoms with Crippen LogP contribution >= 0.6 is 0 Å². The molecule has 0 radical (unpaired) electrons. The van der Waals surface area contributed by atoms with E-state index in [9.17, 15) is 4.79 Å². The first-order chi connectivity index (χ1) is 10.2. The summed E-state index contributed by atoms with van der Waals surface area (Å²) in [6, 6.07) is 4.95. The van der Waals surface area contributed by atoms with Crippen LogP contribution in [0.4, 0.5) is 0 Å². The van der Waals surface area contributed by atoms with E-state index in [1.165, 1.54) is 25.7 Å². The summed E-state index contributed by atoms with van der Waals surface area (Å²) in [4.78, 5) is 16.5. The summed E-state index contributed by atoms with van der Waals surface area (Å²) in [5, 5.41) is 3.53. The van der Waals surface area contributed by atoms with E-state index in [1.54, 1.807) is 11.2 Å². The lowest BCUT2D eigenvalue weighted by Gasteiger charge is -2.27. The quantitative estimate of drug-likeness (QED) is 0.826. The minimum absolute atomic E-state index is 0.177. The molecule has 1 N–H and O–H groups in total. The first-order valence-electron chi connectivity index (χ1n) is 7.96. The molecule has 5 nitrogen and oxygen atoms in total. The zero-order chi connectivity index (χ0) is 14.7. The summed E-state index contributed by atoms with van der Waals surface area (Å²) in [5.74, 6) is 1.01. The Kier molecular flexibility index (Phi) is 4.60.